The molecule has 0 radical (unpaired) electrons. The van der Waals surface area contributed by atoms with Crippen LogP contribution in [0.15, 0.2) is 0 Å². The third kappa shape index (κ3) is 11.2. The summed E-state index contributed by atoms with van der Waals surface area (Å²) in [6.07, 6.45) is 0. The summed E-state index contributed by atoms with van der Waals surface area (Å²) in [6, 6.07) is 0. The standard InChI is InChI=1S/Ca.H3O4PS.2H/c;1-6(2,3)4-5;;/h;5H2,(H,1,2,3);;/q+2;;2*-1. The molecule has 0 saturated heterocycles. The van der Waals surface area contributed by atoms with E-state index in [1.807, 2.05) is 0 Å². The molecule has 0 fully saturated rings. The predicted molar refractivity (Wildman–Crippen MR) is 30.3 cm³/mol. The number of hydrogen-bond acceptors (Lipinski definition) is 3. The first-order valence-corrected chi connectivity index (χ1v) is 2.75. The van der Waals surface area contributed by atoms with E-state index in [1.54, 1.807) is 0 Å². The van der Waals surface area contributed by atoms with Crippen molar-refractivity contribution < 1.29 is 19.8 Å². The zero-order valence-corrected chi connectivity index (χ0v) is 7.54. The topological polar surface area (TPSA) is 63.6 Å². The van der Waals surface area contributed by atoms with Gasteiger partial charge in [-0.15, -0.1) is 0 Å². The molecule has 0 aliphatic rings. The maximum absolute atomic E-state index is 9.31. The minimum absolute atomic E-state index is 0. The number of hydrogen-bond donors (Lipinski definition) is 1. The SMILES string of the molecule is O=S(=O)(O)OP.[Ca+2].[H-].[H-]. The summed E-state index contributed by atoms with van der Waals surface area (Å²) in [5.74, 6) is 0. The average Bonchev–Trinajstić information content (AvgIpc) is 1.35. The molecule has 0 bridgehead atoms. The van der Waals surface area contributed by atoms with Crippen molar-refractivity contribution in [3.63, 3.8) is 0 Å². The van der Waals surface area contributed by atoms with Gasteiger partial charge in [0.1, 0.15) is 0 Å². The normalized spacial score (nSPS) is 10.0. The van der Waals surface area contributed by atoms with Gasteiger partial charge in [0, 0.05) is 9.47 Å². The molecule has 0 heterocycles. The van der Waals surface area contributed by atoms with Gasteiger partial charge in [-0.25, -0.2) is 3.97 Å². The summed E-state index contributed by atoms with van der Waals surface area (Å²) in [4.78, 5) is 0. The Hall–Kier alpha value is 1.56. The molecule has 4 nitrogen and oxygen atoms in total. The van der Waals surface area contributed by atoms with Crippen molar-refractivity contribution in [2.24, 2.45) is 0 Å². The van der Waals surface area contributed by atoms with Crippen LogP contribution >= 0.6 is 9.47 Å². The summed E-state index contributed by atoms with van der Waals surface area (Å²) < 4.78 is 29.6. The third-order valence-electron chi connectivity index (χ3n) is 0.122. The zero-order chi connectivity index (χ0) is 5.21. The monoisotopic (exact) mass is 172 g/mol. The van der Waals surface area contributed by atoms with E-state index in [0.29, 0.717) is 0 Å². The van der Waals surface area contributed by atoms with Crippen LogP contribution in [0.25, 0.3) is 0 Å². The number of rotatable bonds is 1. The van der Waals surface area contributed by atoms with Crippen molar-refractivity contribution in [2.45, 2.75) is 0 Å². The van der Waals surface area contributed by atoms with Gasteiger partial charge in [-0.05, 0) is 0 Å². The third-order valence-corrected chi connectivity index (χ3v) is 1.09. The maximum atomic E-state index is 9.31. The van der Waals surface area contributed by atoms with Gasteiger partial charge >= 0.3 is 48.1 Å². The predicted octanol–water partition coefficient (Wildman–Crippen LogP) is -0.560. The van der Waals surface area contributed by atoms with Gasteiger partial charge in [0.25, 0.3) is 0 Å². The van der Waals surface area contributed by atoms with E-state index >= 15 is 0 Å². The van der Waals surface area contributed by atoms with Crippen molar-refractivity contribution in [3.8, 4) is 0 Å². The molecule has 1 unspecified atom stereocenters. The largest absolute Gasteiger partial charge is 2.00 e. The molecule has 0 aromatic carbocycles. The van der Waals surface area contributed by atoms with Crippen molar-refractivity contribution in [1.29, 1.82) is 0 Å². The molecule has 0 aromatic heterocycles. The van der Waals surface area contributed by atoms with Gasteiger partial charge in [0.05, 0.1) is 0 Å². The van der Waals surface area contributed by atoms with E-state index in [-0.39, 0.29) is 40.6 Å². The van der Waals surface area contributed by atoms with Crippen molar-refractivity contribution in [1.82, 2.24) is 0 Å². The first-order valence-electron chi connectivity index (χ1n) is 0.918. The molecule has 0 aliphatic carbocycles. The average molecular weight is 172 g/mol. The first kappa shape index (κ1) is 11.4. The second-order valence-electron chi connectivity index (χ2n) is 0.524. The minimum Gasteiger partial charge on any atom is -1.00 e. The molecule has 0 amide bonds. The van der Waals surface area contributed by atoms with Crippen LogP contribution in [0.1, 0.15) is 2.85 Å². The van der Waals surface area contributed by atoms with Crippen LogP contribution in [0.3, 0.4) is 0 Å². The van der Waals surface area contributed by atoms with Crippen LogP contribution in [0.4, 0.5) is 0 Å². The van der Waals surface area contributed by atoms with Gasteiger partial charge in [-0.3, -0.25) is 4.55 Å². The molecule has 0 saturated carbocycles. The van der Waals surface area contributed by atoms with Crippen molar-refractivity contribution >= 4 is 57.6 Å². The Labute approximate surface area is 76.8 Å². The molecule has 0 aromatic rings. The Balaban J connectivity index is -0.0000000417. The fourth-order valence-electron chi connectivity index (χ4n) is 0. The second kappa shape index (κ2) is 4.44. The van der Waals surface area contributed by atoms with E-state index in [0.717, 1.165) is 0 Å². The Morgan fingerprint density at radius 1 is 1.71 bits per heavy atom. The molecule has 1 N–H and O–H groups in total. The summed E-state index contributed by atoms with van der Waals surface area (Å²) in [7, 11) is -2.81. The second-order valence-corrected chi connectivity index (χ2v) is 2.15. The van der Waals surface area contributed by atoms with Crippen LogP contribution in [0.2, 0.25) is 0 Å². The first-order chi connectivity index (χ1) is 2.56. The van der Waals surface area contributed by atoms with Crippen LogP contribution in [0.5, 0.6) is 0 Å². The van der Waals surface area contributed by atoms with Gasteiger partial charge in [-0.2, -0.15) is 8.42 Å². The molecule has 0 rings (SSSR count). The summed E-state index contributed by atoms with van der Waals surface area (Å²) >= 11 is 0. The molecule has 0 aliphatic heterocycles. The van der Waals surface area contributed by atoms with Crippen LogP contribution < -0.4 is 0 Å². The quantitative estimate of drug-likeness (QED) is 0.327. The summed E-state index contributed by atoms with van der Waals surface area (Å²) in [5.41, 5.74) is 0. The molecule has 0 spiro atoms. The van der Waals surface area contributed by atoms with E-state index in [1.165, 1.54) is 9.47 Å². The van der Waals surface area contributed by atoms with Crippen LogP contribution in [-0.2, 0) is 14.4 Å². The van der Waals surface area contributed by atoms with Crippen molar-refractivity contribution in [2.75, 3.05) is 0 Å². The van der Waals surface area contributed by atoms with E-state index in [4.69, 9.17) is 4.55 Å². The Morgan fingerprint density at radius 3 is 1.86 bits per heavy atom. The van der Waals surface area contributed by atoms with Crippen LogP contribution in [0, 0.1) is 0 Å². The maximum Gasteiger partial charge on any atom is 2.00 e. The van der Waals surface area contributed by atoms with E-state index in [9.17, 15) is 8.42 Å². The van der Waals surface area contributed by atoms with Gasteiger partial charge in [0.2, 0.25) is 0 Å². The summed E-state index contributed by atoms with van der Waals surface area (Å²) in [5, 5.41) is 0. The van der Waals surface area contributed by atoms with Gasteiger partial charge < -0.3 is 2.85 Å². The molecule has 7 heavy (non-hydrogen) atoms. The smallest absolute Gasteiger partial charge is 1.00 e. The zero-order valence-electron chi connectivity index (χ0n) is 5.36. The van der Waals surface area contributed by atoms with Gasteiger partial charge in [0.15, 0.2) is 0 Å². The molecule has 42 valence electrons. The van der Waals surface area contributed by atoms with Gasteiger partial charge in [-0.1, -0.05) is 0 Å². The molecular weight excluding hydrogens is 167 g/mol. The van der Waals surface area contributed by atoms with Crippen molar-refractivity contribution in [3.05, 3.63) is 0 Å². The molecular formula is H5CaO4PS. The molecule has 7 heteroatoms. The Bertz CT molecular complexity index is 121. The fourth-order valence-corrected chi connectivity index (χ4v) is 0. The fraction of sp³-hybridized carbons (Fsp3) is 0. The minimum atomic E-state index is -4.20. The van der Waals surface area contributed by atoms with E-state index < -0.39 is 10.4 Å². The summed E-state index contributed by atoms with van der Waals surface area (Å²) in [6.45, 7) is 0. The van der Waals surface area contributed by atoms with Crippen LogP contribution in [-0.4, -0.2) is 50.7 Å². The Kier molecular flexibility index (Phi) is 7.21. The Morgan fingerprint density at radius 2 is 1.86 bits per heavy atom. The van der Waals surface area contributed by atoms with E-state index in [2.05, 4.69) is 3.97 Å². The molecule has 1 atom stereocenters.